The van der Waals surface area contributed by atoms with E-state index in [0.29, 0.717) is 6.61 Å². The van der Waals surface area contributed by atoms with Gasteiger partial charge in [0.25, 0.3) is 0 Å². The maximum absolute atomic E-state index is 9.30. The highest BCUT2D eigenvalue weighted by molar-refractivity contribution is 5.42. The molecule has 2 rings (SSSR count). The summed E-state index contributed by atoms with van der Waals surface area (Å²) in [5.41, 5.74) is 2.61. The third kappa shape index (κ3) is 3.45. The van der Waals surface area contributed by atoms with Gasteiger partial charge in [0.1, 0.15) is 5.75 Å². The summed E-state index contributed by atoms with van der Waals surface area (Å²) in [7, 11) is 0. The molecule has 1 aromatic rings. The molecule has 1 unspecified atom stereocenters. The zero-order valence-corrected chi connectivity index (χ0v) is 11.8. The van der Waals surface area contributed by atoms with Gasteiger partial charge in [-0.3, -0.25) is 4.98 Å². The average Bonchev–Trinajstić information content (AvgIpc) is 2.44. The molecule has 0 bridgehead atoms. The van der Waals surface area contributed by atoms with Crippen LogP contribution < -0.4 is 4.74 Å². The van der Waals surface area contributed by atoms with E-state index in [1.165, 1.54) is 19.3 Å². The molecule has 0 fully saturated rings. The number of aliphatic hydroxyl groups excluding tert-OH is 1. The van der Waals surface area contributed by atoms with Crippen LogP contribution in [0.1, 0.15) is 55.8 Å². The van der Waals surface area contributed by atoms with Gasteiger partial charge in [-0.15, -0.1) is 0 Å². The largest absolute Gasteiger partial charge is 0.463 e. The molecule has 1 aliphatic heterocycles. The first-order valence-corrected chi connectivity index (χ1v) is 7.12. The van der Waals surface area contributed by atoms with Crippen molar-refractivity contribution >= 4 is 0 Å². The number of ether oxygens (including phenoxy) is 2. The van der Waals surface area contributed by atoms with Gasteiger partial charge in [-0.1, -0.05) is 26.2 Å². The summed E-state index contributed by atoms with van der Waals surface area (Å²) in [6.07, 6.45) is 7.29. The molecule has 0 saturated carbocycles. The Bertz CT molecular complexity index is 420. The van der Waals surface area contributed by atoms with Crippen molar-refractivity contribution in [3.05, 3.63) is 23.0 Å². The first-order chi connectivity index (χ1) is 9.26. The first kappa shape index (κ1) is 14.3. The van der Waals surface area contributed by atoms with Gasteiger partial charge in [0, 0.05) is 23.7 Å². The van der Waals surface area contributed by atoms with Gasteiger partial charge in [-0.05, 0) is 13.3 Å². The lowest BCUT2D eigenvalue weighted by Crippen LogP contribution is -2.27. The maximum atomic E-state index is 9.30. The number of aryl methyl sites for hydroxylation is 1. The minimum Gasteiger partial charge on any atom is -0.463 e. The van der Waals surface area contributed by atoms with E-state index in [1.807, 2.05) is 6.92 Å². The lowest BCUT2D eigenvalue weighted by molar-refractivity contribution is -0.113. The molecule has 0 spiro atoms. The van der Waals surface area contributed by atoms with E-state index in [1.54, 1.807) is 6.20 Å². The van der Waals surface area contributed by atoms with Gasteiger partial charge in [0.15, 0.2) is 6.29 Å². The minimum atomic E-state index is -0.168. The summed E-state index contributed by atoms with van der Waals surface area (Å²) >= 11 is 0. The zero-order valence-electron chi connectivity index (χ0n) is 11.8. The van der Waals surface area contributed by atoms with Crippen molar-refractivity contribution in [1.29, 1.82) is 0 Å². The summed E-state index contributed by atoms with van der Waals surface area (Å²) in [5, 5.41) is 9.30. The molecular formula is C15H23NO3. The Labute approximate surface area is 114 Å². The molecule has 0 amide bonds. The number of hydrogen-bond donors (Lipinski definition) is 1. The third-order valence-electron chi connectivity index (χ3n) is 3.53. The average molecular weight is 265 g/mol. The summed E-state index contributed by atoms with van der Waals surface area (Å²) in [5.74, 6) is 0.804. The number of aliphatic hydroxyl groups is 1. The van der Waals surface area contributed by atoms with Gasteiger partial charge in [0.2, 0.25) is 0 Å². The highest BCUT2D eigenvalue weighted by Crippen LogP contribution is 2.32. The Morgan fingerprint density at radius 1 is 1.37 bits per heavy atom. The highest BCUT2D eigenvalue weighted by Gasteiger charge is 2.24. The third-order valence-corrected chi connectivity index (χ3v) is 3.53. The standard InChI is InChI=1S/C15H23NO3/c1-3-4-5-6-7-14-18-10-13-12(9-17)8-16-11(2)15(13)19-14/h8,14,17H,3-7,9-10H2,1-2H3. The second-order valence-corrected chi connectivity index (χ2v) is 5.04. The fraction of sp³-hybridized carbons (Fsp3) is 0.667. The second-order valence-electron chi connectivity index (χ2n) is 5.04. The number of nitrogens with zero attached hydrogens (tertiary/aromatic N) is 1. The molecule has 106 valence electrons. The Kier molecular flexibility index (Phi) is 5.16. The number of unbranched alkanes of at least 4 members (excludes halogenated alkanes) is 3. The Morgan fingerprint density at radius 3 is 2.95 bits per heavy atom. The number of hydrogen-bond acceptors (Lipinski definition) is 4. The fourth-order valence-electron chi connectivity index (χ4n) is 2.35. The SMILES string of the molecule is CCCCCCC1OCc2c(CO)cnc(C)c2O1. The summed E-state index contributed by atoms with van der Waals surface area (Å²) < 4.78 is 11.6. The van der Waals surface area contributed by atoms with Crippen molar-refractivity contribution in [2.75, 3.05) is 0 Å². The molecule has 1 aromatic heterocycles. The van der Waals surface area contributed by atoms with Crippen molar-refractivity contribution in [3.8, 4) is 5.75 Å². The topological polar surface area (TPSA) is 51.6 Å². The van der Waals surface area contributed by atoms with E-state index in [9.17, 15) is 5.11 Å². The van der Waals surface area contributed by atoms with Crippen LogP contribution in [0.4, 0.5) is 0 Å². The Balaban J connectivity index is 1.99. The molecule has 1 N–H and O–H groups in total. The van der Waals surface area contributed by atoms with Crippen molar-refractivity contribution < 1.29 is 14.6 Å². The Hall–Kier alpha value is -1.13. The first-order valence-electron chi connectivity index (χ1n) is 7.12. The smallest absolute Gasteiger partial charge is 0.200 e. The number of pyridine rings is 1. The zero-order chi connectivity index (χ0) is 13.7. The predicted octanol–water partition coefficient (Wildman–Crippen LogP) is 3.09. The molecule has 4 nitrogen and oxygen atoms in total. The summed E-state index contributed by atoms with van der Waals surface area (Å²) in [6, 6.07) is 0. The van der Waals surface area contributed by atoms with Crippen LogP contribution in [0.2, 0.25) is 0 Å². The lowest BCUT2D eigenvalue weighted by Gasteiger charge is -2.28. The fourth-order valence-corrected chi connectivity index (χ4v) is 2.35. The molecule has 0 aromatic carbocycles. The second kappa shape index (κ2) is 6.87. The van der Waals surface area contributed by atoms with E-state index in [-0.39, 0.29) is 12.9 Å². The number of aromatic nitrogens is 1. The predicted molar refractivity (Wildman–Crippen MR) is 72.9 cm³/mol. The van der Waals surface area contributed by atoms with Gasteiger partial charge < -0.3 is 14.6 Å². The summed E-state index contributed by atoms with van der Waals surface area (Å²) in [6.45, 7) is 4.62. The van der Waals surface area contributed by atoms with Crippen LogP contribution in [0.25, 0.3) is 0 Å². The highest BCUT2D eigenvalue weighted by atomic mass is 16.7. The molecule has 19 heavy (non-hydrogen) atoms. The molecule has 0 saturated heterocycles. The van der Waals surface area contributed by atoms with E-state index >= 15 is 0 Å². The Morgan fingerprint density at radius 2 is 2.21 bits per heavy atom. The quantitative estimate of drug-likeness (QED) is 0.803. The van der Waals surface area contributed by atoms with Crippen molar-refractivity contribution in [1.82, 2.24) is 4.98 Å². The van der Waals surface area contributed by atoms with Crippen molar-refractivity contribution in [3.63, 3.8) is 0 Å². The minimum absolute atomic E-state index is 0.0243. The molecule has 1 aliphatic rings. The summed E-state index contributed by atoms with van der Waals surface area (Å²) in [4.78, 5) is 4.27. The van der Waals surface area contributed by atoms with E-state index in [4.69, 9.17) is 9.47 Å². The molecule has 0 aliphatic carbocycles. The number of rotatable bonds is 6. The number of fused-ring (bicyclic) bond motifs is 1. The lowest BCUT2D eigenvalue weighted by atomic mass is 10.1. The van der Waals surface area contributed by atoms with Crippen LogP contribution >= 0.6 is 0 Å². The van der Waals surface area contributed by atoms with Gasteiger partial charge >= 0.3 is 0 Å². The van der Waals surface area contributed by atoms with E-state index < -0.39 is 0 Å². The van der Waals surface area contributed by atoms with Crippen LogP contribution in [0.5, 0.6) is 5.75 Å². The molecule has 4 heteroatoms. The molecule has 1 atom stereocenters. The van der Waals surface area contributed by atoms with Crippen molar-refractivity contribution in [2.24, 2.45) is 0 Å². The van der Waals surface area contributed by atoms with Crippen LogP contribution in [-0.2, 0) is 18.0 Å². The van der Waals surface area contributed by atoms with Crippen LogP contribution in [0, 0.1) is 6.92 Å². The maximum Gasteiger partial charge on any atom is 0.200 e. The molecule has 2 heterocycles. The van der Waals surface area contributed by atoms with Gasteiger partial charge in [0.05, 0.1) is 18.9 Å². The van der Waals surface area contributed by atoms with E-state index in [2.05, 4.69) is 11.9 Å². The van der Waals surface area contributed by atoms with Gasteiger partial charge in [-0.25, -0.2) is 0 Å². The van der Waals surface area contributed by atoms with Crippen LogP contribution in [-0.4, -0.2) is 16.4 Å². The van der Waals surface area contributed by atoms with E-state index in [0.717, 1.165) is 35.4 Å². The van der Waals surface area contributed by atoms with Crippen molar-refractivity contribution in [2.45, 2.75) is 65.5 Å². The molecule has 0 radical (unpaired) electrons. The monoisotopic (exact) mass is 265 g/mol. The normalized spacial score (nSPS) is 17.9. The van der Waals surface area contributed by atoms with Gasteiger partial charge in [-0.2, -0.15) is 0 Å². The van der Waals surface area contributed by atoms with Crippen LogP contribution in [0.15, 0.2) is 6.20 Å². The molecular weight excluding hydrogens is 242 g/mol. The van der Waals surface area contributed by atoms with Crippen LogP contribution in [0.3, 0.4) is 0 Å².